The first-order valence-electron chi connectivity index (χ1n) is 8.76. The van der Waals surface area contributed by atoms with Gasteiger partial charge in [-0.25, -0.2) is 14.2 Å². The molecule has 7 nitrogen and oxygen atoms in total. The Morgan fingerprint density at radius 1 is 1.10 bits per heavy atom. The molecule has 8 heteroatoms. The van der Waals surface area contributed by atoms with Gasteiger partial charge in [0.05, 0.1) is 11.5 Å². The van der Waals surface area contributed by atoms with Crippen LogP contribution in [0.4, 0.5) is 10.1 Å². The molecule has 0 atom stereocenters. The van der Waals surface area contributed by atoms with E-state index in [-0.39, 0.29) is 29.0 Å². The van der Waals surface area contributed by atoms with Crippen molar-refractivity contribution >= 4 is 38.6 Å². The van der Waals surface area contributed by atoms with Crippen LogP contribution in [0.25, 0.3) is 32.9 Å². The van der Waals surface area contributed by atoms with Gasteiger partial charge in [0.2, 0.25) is 5.71 Å². The number of halogens is 1. The van der Waals surface area contributed by atoms with Crippen LogP contribution in [0.15, 0.2) is 70.0 Å². The molecule has 5 aromatic rings. The van der Waals surface area contributed by atoms with E-state index in [1.165, 1.54) is 12.3 Å². The van der Waals surface area contributed by atoms with Crippen molar-refractivity contribution in [2.45, 2.75) is 6.54 Å². The van der Waals surface area contributed by atoms with E-state index in [4.69, 9.17) is 4.42 Å². The van der Waals surface area contributed by atoms with E-state index in [0.29, 0.717) is 16.3 Å². The molecule has 29 heavy (non-hydrogen) atoms. The number of nitro benzene ring substituents is 1. The van der Waals surface area contributed by atoms with E-state index in [9.17, 15) is 19.3 Å². The number of nitrogens with zero attached hydrogens (tertiary/aromatic N) is 3. The molecule has 2 aromatic carbocycles. The molecule has 0 aliphatic rings. The Labute approximate surface area is 161 Å². The number of hydrogen-bond acceptors (Lipinski definition) is 5. The highest BCUT2D eigenvalue weighted by molar-refractivity contribution is 6.18. The monoisotopic (exact) mass is 389 g/mol. The molecule has 3 aromatic heterocycles. The number of nitro groups is 1. The van der Waals surface area contributed by atoms with Gasteiger partial charge in [0, 0.05) is 45.6 Å². The van der Waals surface area contributed by atoms with E-state index in [0.717, 1.165) is 17.5 Å². The molecule has 3 heterocycles. The minimum atomic E-state index is -0.603. The Hall–Kier alpha value is -4.07. The number of hydrogen-bond donors (Lipinski definition) is 0. The van der Waals surface area contributed by atoms with Gasteiger partial charge >= 0.3 is 5.63 Å². The largest absolute Gasteiger partial charge is 0.402 e. The average Bonchev–Trinajstić information content (AvgIpc) is 3.05. The summed E-state index contributed by atoms with van der Waals surface area (Å²) in [7, 11) is 0. The summed E-state index contributed by atoms with van der Waals surface area (Å²) in [4.78, 5) is 27.4. The van der Waals surface area contributed by atoms with E-state index in [1.807, 2.05) is 24.3 Å². The predicted octanol–water partition coefficient (Wildman–Crippen LogP) is 4.39. The lowest BCUT2D eigenvalue weighted by molar-refractivity contribution is -0.385. The highest BCUT2D eigenvalue weighted by Gasteiger charge is 2.20. The number of non-ortho nitro benzene ring substituents is 1. The van der Waals surface area contributed by atoms with Crippen LogP contribution in [-0.2, 0) is 6.54 Å². The van der Waals surface area contributed by atoms with E-state index < -0.39 is 16.4 Å². The molecule has 0 unspecified atom stereocenters. The Balaban J connectivity index is 1.87. The molecule has 0 radical (unpaired) electrons. The number of pyridine rings is 1. The molecule has 0 bridgehead atoms. The SMILES string of the molecule is O=c1oc2ncccc2c2c3ccccc3n(Cc3cc([N+](=O)[O-])ccc3F)c12. The third-order valence-electron chi connectivity index (χ3n) is 4.96. The second-order valence-corrected chi connectivity index (χ2v) is 6.61. The topological polar surface area (TPSA) is 91.2 Å². The van der Waals surface area contributed by atoms with Crippen LogP contribution < -0.4 is 5.63 Å². The number of rotatable bonds is 3. The molecule has 0 fully saturated rings. The lowest BCUT2D eigenvalue weighted by Gasteiger charge is -2.08. The number of benzene rings is 2. The summed E-state index contributed by atoms with van der Waals surface area (Å²) in [5, 5.41) is 13.2. The van der Waals surface area contributed by atoms with Crippen molar-refractivity contribution in [3.05, 3.63) is 92.7 Å². The van der Waals surface area contributed by atoms with Crippen LogP contribution in [0.1, 0.15) is 5.56 Å². The molecular weight excluding hydrogens is 377 g/mol. The third kappa shape index (κ3) is 2.57. The van der Waals surface area contributed by atoms with Crippen LogP contribution in [0.5, 0.6) is 0 Å². The highest BCUT2D eigenvalue weighted by Crippen LogP contribution is 2.33. The van der Waals surface area contributed by atoms with Crippen molar-refractivity contribution < 1.29 is 13.7 Å². The predicted molar refractivity (Wildman–Crippen MR) is 105 cm³/mol. The van der Waals surface area contributed by atoms with Crippen molar-refractivity contribution in [3.8, 4) is 0 Å². The van der Waals surface area contributed by atoms with Gasteiger partial charge in [0.25, 0.3) is 5.69 Å². The molecule has 0 saturated heterocycles. The number of aromatic nitrogens is 2. The normalized spacial score (nSPS) is 11.5. The summed E-state index contributed by atoms with van der Waals surface area (Å²) in [5.74, 6) is -0.589. The fourth-order valence-electron chi connectivity index (χ4n) is 3.72. The molecule has 0 aliphatic heterocycles. The van der Waals surface area contributed by atoms with Gasteiger partial charge in [-0.2, -0.15) is 0 Å². The quantitative estimate of drug-likeness (QED) is 0.337. The maximum Gasteiger partial charge on any atom is 0.362 e. The van der Waals surface area contributed by atoms with E-state index in [1.54, 1.807) is 16.7 Å². The maximum absolute atomic E-state index is 14.4. The summed E-state index contributed by atoms with van der Waals surface area (Å²) in [6, 6.07) is 14.2. The molecule has 0 spiro atoms. The average molecular weight is 389 g/mol. The van der Waals surface area contributed by atoms with Crippen molar-refractivity contribution in [2.75, 3.05) is 0 Å². The minimum absolute atomic E-state index is 0.0615. The summed E-state index contributed by atoms with van der Waals surface area (Å²) >= 11 is 0. The van der Waals surface area contributed by atoms with Crippen molar-refractivity contribution in [3.63, 3.8) is 0 Å². The minimum Gasteiger partial charge on any atom is -0.402 e. The van der Waals surface area contributed by atoms with Crippen LogP contribution in [0.3, 0.4) is 0 Å². The summed E-state index contributed by atoms with van der Waals surface area (Å²) in [5.41, 5.74) is 0.453. The van der Waals surface area contributed by atoms with Crippen LogP contribution in [0.2, 0.25) is 0 Å². The zero-order chi connectivity index (χ0) is 20.1. The highest BCUT2D eigenvalue weighted by atomic mass is 19.1. The van der Waals surface area contributed by atoms with Crippen LogP contribution >= 0.6 is 0 Å². The first-order valence-corrected chi connectivity index (χ1v) is 8.76. The molecule has 5 rings (SSSR count). The summed E-state index contributed by atoms with van der Waals surface area (Å²) < 4.78 is 21.4. The summed E-state index contributed by atoms with van der Waals surface area (Å²) in [6.07, 6.45) is 1.54. The molecule has 0 amide bonds. The molecule has 142 valence electrons. The van der Waals surface area contributed by atoms with Crippen molar-refractivity contribution in [1.82, 2.24) is 9.55 Å². The number of fused-ring (bicyclic) bond motifs is 5. The zero-order valence-corrected chi connectivity index (χ0v) is 14.8. The van der Waals surface area contributed by atoms with Crippen LogP contribution in [-0.4, -0.2) is 14.5 Å². The Bertz CT molecular complexity index is 1500. The molecule has 0 saturated carbocycles. The van der Waals surface area contributed by atoms with Gasteiger partial charge in [-0.15, -0.1) is 0 Å². The number of para-hydroxylation sites is 1. The van der Waals surface area contributed by atoms with Gasteiger partial charge in [-0.05, 0) is 24.3 Å². The Morgan fingerprint density at radius 3 is 2.72 bits per heavy atom. The van der Waals surface area contributed by atoms with E-state index >= 15 is 0 Å². The second-order valence-electron chi connectivity index (χ2n) is 6.61. The van der Waals surface area contributed by atoms with Gasteiger partial charge in [0.1, 0.15) is 11.3 Å². The van der Waals surface area contributed by atoms with Crippen LogP contribution in [0, 0.1) is 15.9 Å². The van der Waals surface area contributed by atoms with Crippen molar-refractivity contribution in [1.29, 1.82) is 0 Å². The van der Waals surface area contributed by atoms with Gasteiger partial charge in [-0.3, -0.25) is 10.1 Å². The molecule has 0 N–H and O–H groups in total. The second kappa shape index (κ2) is 6.23. The molecular formula is C21H12FN3O4. The van der Waals surface area contributed by atoms with Gasteiger partial charge in [-0.1, -0.05) is 18.2 Å². The Kier molecular flexibility index (Phi) is 3.67. The molecule has 0 aliphatic carbocycles. The smallest absolute Gasteiger partial charge is 0.362 e. The maximum atomic E-state index is 14.4. The standard InChI is InChI=1S/C21H12FN3O4/c22-16-8-7-13(25(27)28)10-12(16)11-24-17-6-2-1-4-14(17)18-15-5-3-9-23-20(15)29-21(26)19(18)24/h1-10H,11H2. The fraction of sp³-hybridized carbons (Fsp3) is 0.0476. The lowest BCUT2D eigenvalue weighted by Crippen LogP contribution is -2.09. The van der Waals surface area contributed by atoms with E-state index in [2.05, 4.69) is 4.98 Å². The first-order chi connectivity index (χ1) is 14.0. The third-order valence-corrected chi connectivity index (χ3v) is 4.96. The van der Waals surface area contributed by atoms with Gasteiger partial charge in [0.15, 0.2) is 0 Å². The zero-order valence-electron chi connectivity index (χ0n) is 14.8. The fourth-order valence-corrected chi connectivity index (χ4v) is 3.72. The van der Waals surface area contributed by atoms with Gasteiger partial charge < -0.3 is 8.98 Å². The Morgan fingerprint density at radius 2 is 1.90 bits per heavy atom. The lowest BCUT2D eigenvalue weighted by atomic mass is 10.1. The first kappa shape index (κ1) is 17.1. The summed E-state index contributed by atoms with van der Waals surface area (Å²) in [6.45, 7) is -0.0615. The van der Waals surface area contributed by atoms with Crippen molar-refractivity contribution in [2.24, 2.45) is 0 Å².